The molecule has 3 aromatic carbocycles. The van der Waals surface area contributed by atoms with Crippen molar-refractivity contribution < 1.29 is 160 Å². The number of nitrogens with one attached hydrogen (secondary N) is 1. The highest BCUT2D eigenvalue weighted by Crippen LogP contribution is 2.34. The lowest BCUT2D eigenvalue weighted by Crippen LogP contribution is -2.38. The first-order valence-electron chi connectivity index (χ1n) is 39.5. The highest BCUT2D eigenvalue weighted by Gasteiger charge is 2.31. The molecule has 0 spiro atoms. The topological polar surface area (TPSA) is 389 Å². The predicted octanol–water partition coefficient (Wildman–Crippen LogP) is 3.51. The van der Waals surface area contributed by atoms with E-state index >= 15 is 4.79 Å². The summed E-state index contributed by atoms with van der Waals surface area (Å²) in [5.41, 5.74) is 7.50. The smallest absolute Gasteiger partial charge is 0.345 e. The number of hydrogen-bond acceptors (Lipinski definition) is 33. The van der Waals surface area contributed by atoms with Crippen LogP contribution in [0.2, 0.25) is 0 Å². The van der Waals surface area contributed by atoms with Crippen LogP contribution in [0.4, 0.5) is 0 Å². The van der Waals surface area contributed by atoms with Gasteiger partial charge in [0.05, 0.1) is 273 Å². The Labute approximate surface area is 690 Å². The fraction of sp³-hybridized carbons (Fsp3) is 0.738. The Kier molecular flexibility index (Phi) is 59.9. The number of benzene rings is 3. The molecule has 4 aromatic rings. The Bertz CT molecular complexity index is 3030. The van der Waals surface area contributed by atoms with Gasteiger partial charge in [-0.25, -0.2) is 4.79 Å². The van der Waals surface area contributed by atoms with Crippen molar-refractivity contribution in [2.45, 2.75) is 63.4 Å². The van der Waals surface area contributed by atoms with Gasteiger partial charge in [0, 0.05) is 94.1 Å². The maximum absolute atomic E-state index is 16.0. The fourth-order valence-electron chi connectivity index (χ4n) is 11.0. The van der Waals surface area contributed by atoms with E-state index in [-0.39, 0.29) is 198 Å². The molecule has 1 aromatic heterocycles. The zero-order chi connectivity index (χ0) is 84.6. The van der Waals surface area contributed by atoms with Crippen LogP contribution >= 0.6 is 0 Å². The maximum atomic E-state index is 16.0. The molecule has 0 bridgehead atoms. The van der Waals surface area contributed by atoms with Crippen LogP contribution in [0.3, 0.4) is 0 Å². The standard InChI is InChI=1S/C80H133N3O33S/c1-62-46-64(79(84)82-17-20-98-38-40-100-42-44-101-43-41-99-39-37-97-19-16-81)47-63(2)78(62)116-80(85)77-73-48-65(114-71(58-110-67(50-102-29-21-89-3)51-103-30-22-90-4)59-111-68(52-104-31-23-91-5)53-105-32-24-92-6)12-14-75(73)83(18-11-45-117(86,87)88)76-15-13-66(49-74(76)77)115-72(60-112-69(54-106-33-25-93-7)55-107-34-26-94-8)61-113-70(56-108-35-27-95-9)57-109-36-28-96-10/h12-15,46-49,67-72H,11,16-45,50-61,81H2,1-10H3,(H-,82,84,86,87,88)/p+1. The molecule has 37 heteroatoms. The van der Waals surface area contributed by atoms with Gasteiger partial charge in [-0.2, -0.15) is 13.0 Å². The molecule has 1 amide bonds. The van der Waals surface area contributed by atoms with Crippen molar-refractivity contribution in [1.82, 2.24) is 5.32 Å². The molecule has 0 unspecified atom stereocenters. The number of hydrogen-bond donors (Lipinski definition) is 3. The minimum Gasteiger partial charge on any atom is -0.486 e. The van der Waals surface area contributed by atoms with Crippen LogP contribution in [0.15, 0.2) is 48.5 Å². The van der Waals surface area contributed by atoms with Crippen LogP contribution in [0.25, 0.3) is 21.8 Å². The Morgan fingerprint density at radius 3 is 0.991 bits per heavy atom. The molecular formula is C80H134N3O33S+. The highest BCUT2D eigenvalue weighted by atomic mass is 32.2. The van der Waals surface area contributed by atoms with E-state index < -0.39 is 64.4 Å². The molecule has 0 atom stereocenters. The van der Waals surface area contributed by atoms with Gasteiger partial charge in [0.25, 0.3) is 16.0 Å². The number of rotatable bonds is 80. The lowest BCUT2D eigenvalue weighted by atomic mass is 10.0. The molecule has 0 radical (unpaired) electrons. The summed E-state index contributed by atoms with van der Waals surface area (Å²) in [6.07, 6.45) is -4.32. The van der Waals surface area contributed by atoms with Gasteiger partial charge >= 0.3 is 5.97 Å². The van der Waals surface area contributed by atoms with E-state index in [4.69, 9.17) is 138 Å². The summed E-state index contributed by atoms with van der Waals surface area (Å²) in [5, 5.41) is 3.45. The van der Waals surface area contributed by atoms with Crippen molar-refractivity contribution in [2.75, 3.05) is 327 Å². The van der Waals surface area contributed by atoms with Crippen molar-refractivity contribution in [3.05, 3.63) is 70.8 Å². The van der Waals surface area contributed by atoms with Crippen LogP contribution in [0.1, 0.15) is 38.3 Å². The van der Waals surface area contributed by atoms with Crippen molar-refractivity contribution in [3.8, 4) is 17.2 Å². The van der Waals surface area contributed by atoms with Gasteiger partial charge in [-0.3, -0.25) is 9.35 Å². The number of pyridine rings is 1. The number of esters is 1. The van der Waals surface area contributed by atoms with Crippen molar-refractivity contribution >= 4 is 43.8 Å². The number of carbonyl (C=O) groups is 2. The van der Waals surface area contributed by atoms with Gasteiger partial charge in [0.2, 0.25) is 11.0 Å². The van der Waals surface area contributed by atoms with E-state index in [2.05, 4.69) is 5.32 Å². The molecule has 4 rings (SSSR count). The second kappa shape index (κ2) is 67.3. The summed E-state index contributed by atoms with van der Waals surface area (Å²) in [5.74, 6) is -1.22. The Morgan fingerprint density at radius 2 is 0.692 bits per heavy atom. The van der Waals surface area contributed by atoms with Crippen LogP contribution < -0.4 is 29.8 Å². The second-order valence-corrected chi connectivity index (χ2v) is 27.9. The molecule has 0 aliphatic rings. The van der Waals surface area contributed by atoms with Crippen LogP contribution in [-0.2, 0) is 135 Å². The number of aryl methyl sites for hydroxylation is 3. The minimum atomic E-state index is -4.47. The first-order valence-corrected chi connectivity index (χ1v) is 41.1. The third-order valence-electron chi connectivity index (χ3n) is 16.8. The van der Waals surface area contributed by atoms with Crippen LogP contribution in [0.5, 0.6) is 17.2 Å². The summed E-state index contributed by atoms with van der Waals surface area (Å²) >= 11 is 0. The van der Waals surface area contributed by atoms with E-state index in [1.807, 2.05) is 4.57 Å². The maximum Gasteiger partial charge on any atom is 0.345 e. The van der Waals surface area contributed by atoms with Crippen LogP contribution in [0, 0.1) is 13.8 Å². The number of ether oxygens (including phenoxy) is 28. The largest absolute Gasteiger partial charge is 0.486 e. The van der Waals surface area contributed by atoms with Gasteiger partial charge in [-0.15, -0.1) is 0 Å². The van der Waals surface area contributed by atoms with E-state index in [0.29, 0.717) is 140 Å². The Balaban J connectivity index is 1.93. The van der Waals surface area contributed by atoms with E-state index in [0.717, 1.165) is 0 Å². The summed E-state index contributed by atoms with van der Waals surface area (Å²) < 4.78 is 201. The molecule has 0 fully saturated rings. The molecule has 672 valence electrons. The van der Waals surface area contributed by atoms with Gasteiger partial charge < -0.3 is 144 Å². The average molecular weight is 1700 g/mol. The van der Waals surface area contributed by atoms with Crippen molar-refractivity contribution in [2.24, 2.45) is 5.73 Å². The van der Waals surface area contributed by atoms with Gasteiger partial charge in [0.15, 0.2) is 6.54 Å². The van der Waals surface area contributed by atoms with Gasteiger partial charge in [-0.1, -0.05) is 0 Å². The van der Waals surface area contributed by atoms with E-state index in [9.17, 15) is 17.8 Å². The minimum absolute atomic E-state index is 0.00199. The second-order valence-electron chi connectivity index (χ2n) is 26.3. The monoisotopic (exact) mass is 1700 g/mol. The Morgan fingerprint density at radius 1 is 0.393 bits per heavy atom. The number of fused-ring (bicyclic) bond motifs is 2. The van der Waals surface area contributed by atoms with Crippen molar-refractivity contribution in [3.63, 3.8) is 0 Å². The summed E-state index contributed by atoms with van der Waals surface area (Å²) in [6.45, 7) is 13.6. The molecule has 36 nitrogen and oxygen atoms in total. The zero-order valence-electron chi connectivity index (χ0n) is 70.4. The SMILES string of the molecule is COCCOCC(COCCOC)OCC(COC(COCCOC)COCCOC)Oc1ccc2c(c1)c(C(=O)Oc1c(C)cc(C(=O)NCCOCCOCCOCCOCCOCCN)cc1C)c1cc(OC(COC(COCCOC)COCCOC)COC(COCCOC)COCCOC)ccc1[n+]2CCCS(=O)(=O)O. The Hall–Kier alpha value is -5.26. The first-order chi connectivity index (χ1) is 57.1. The molecule has 1 heterocycles. The summed E-state index contributed by atoms with van der Waals surface area (Å²) in [4.78, 5) is 29.8. The highest BCUT2D eigenvalue weighted by molar-refractivity contribution is 7.85. The number of amides is 1. The molecule has 0 saturated heterocycles. The van der Waals surface area contributed by atoms with E-state index in [1.54, 1.807) is 119 Å². The molecule has 0 aliphatic carbocycles. The van der Waals surface area contributed by atoms with Gasteiger partial charge in [0.1, 0.15) is 53.9 Å². The molecule has 0 aliphatic heterocycles. The summed E-state index contributed by atoms with van der Waals surface area (Å²) in [7, 11) is 8.14. The van der Waals surface area contributed by atoms with E-state index in [1.165, 1.54) is 0 Å². The van der Waals surface area contributed by atoms with Crippen molar-refractivity contribution in [1.29, 1.82) is 0 Å². The molecule has 0 saturated carbocycles. The zero-order valence-corrected chi connectivity index (χ0v) is 71.2. The lowest BCUT2D eigenvalue weighted by Gasteiger charge is -2.26. The first kappa shape index (κ1) is 104. The molecular weight excluding hydrogens is 1560 g/mol. The predicted molar refractivity (Wildman–Crippen MR) is 428 cm³/mol. The average Bonchev–Trinajstić information content (AvgIpc) is 0.738. The number of methoxy groups -OCH3 is 8. The molecule has 117 heavy (non-hydrogen) atoms. The lowest BCUT2D eigenvalue weighted by molar-refractivity contribution is -0.645. The quantitative estimate of drug-likeness (QED) is 0.0142. The normalized spacial score (nSPS) is 12.1. The number of aromatic nitrogens is 1. The third-order valence-corrected chi connectivity index (χ3v) is 17.6. The summed E-state index contributed by atoms with van der Waals surface area (Å²) in [6, 6.07) is 13.5. The molecule has 4 N–H and O–H groups in total. The van der Waals surface area contributed by atoms with Gasteiger partial charge in [-0.05, 0) is 61.4 Å². The number of nitrogens with zero attached hydrogens (tertiary/aromatic N) is 1. The van der Waals surface area contributed by atoms with Crippen LogP contribution in [-0.4, -0.2) is 388 Å². The number of nitrogens with two attached hydrogens (primary N) is 1. The third kappa shape index (κ3) is 47.1. The number of carbonyl (C=O) groups excluding carboxylic acids is 2. The fourth-order valence-corrected chi connectivity index (χ4v) is 11.5.